The van der Waals surface area contributed by atoms with Gasteiger partial charge < -0.3 is 15.0 Å². The number of methoxy groups -OCH3 is 1. The van der Waals surface area contributed by atoms with Crippen molar-refractivity contribution >= 4 is 17.5 Å². The molecule has 0 fully saturated rings. The van der Waals surface area contributed by atoms with E-state index in [0.717, 1.165) is 5.56 Å². The number of aromatic nitrogens is 2. The van der Waals surface area contributed by atoms with Crippen molar-refractivity contribution in [1.29, 1.82) is 0 Å². The monoisotopic (exact) mass is 369 g/mol. The van der Waals surface area contributed by atoms with Crippen molar-refractivity contribution in [3.8, 4) is 17.0 Å². The molecule has 2 N–H and O–H groups in total. The van der Waals surface area contributed by atoms with Gasteiger partial charge in [0.15, 0.2) is 0 Å². The minimum absolute atomic E-state index is 0.143. The van der Waals surface area contributed by atoms with Gasteiger partial charge >= 0.3 is 5.69 Å². The third-order valence-corrected chi connectivity index (χ3v) is 3.99. The molecular formula is C19H16ClN3O3. The van der Waals surface area contributed by atoms with E-state index in [2.05, 4.69) is 15.3 Å². The standard InChI is InChI=1S/C19H16ClN3O3/c1-26-15-8-4-13(5-9-15)16-10-17(23-19(25)22-16)18(24)21-11-12-2-6-14(20)7-3-12/h2-10H,11H2,1H3,(H,21,24)(H,22,23,25). The number of hydrogen-bond acceptors (Lipinski definition) is 4. The third kappa shape index (κ3) is 4.29. The van der Waals surface area contributed by atoms with E-state index < -0.39 is 11.6 Å². The molecule has 2 aromatic carbocycles. The lowest BCUT2D eigenvalue weighted by molar-refractivity contribution is 0.0945. The van der Waals surface area contributed by atoms with E-state index in [1.807, 2.05) is 12.1 Å². The maximum Gasteiger partial charge on any atom is 0.346 e. The molecule has 0 aliphatic carbocycles. The molecule has 0 spiro atoms. The minimum atomic E-state index is -0.588. The molecule has 0 unspecified atom stereocenters. The first-order valence-electron chi connectivity index (χ1n) is 7.83. The van der Waals surface area contributed by atoms with Gasteiger partial charge in [0.1, 0.15) is 11.4 Å². The Morgan fingerprint density at radius 2 is 1.85 bits per heavy atom. The van der Waals surface area contributed by atoms with Gasteiger partial charge in [-0.05, 0) is 48.0 Å². The number of hydrogen-bond donors (Lipinski definition) is 2. The number of H-pyrrole nitrogens is 1. The Morgan fingerprint density at radius 3 is 2.50 bits per heavy atom. The summed E-state index contributed by atoms with van der Waals surface area (Å²) in [6.07, 6.45) is 0. The van der Waals surface area contributed by atoms with Crippen LogP contribution in [-0.4, -0.2) is 23.0 Å². The largest absolute Gasteiger partial charge is 0.497 e. The van der Waals surface area contributed by atoms with E-state index >= 15 is 0 Å². The fourth-order valence-electron chi connectivity index (χ4n) is 2.37. The van der Waals surface area contributed by atoms with Crippen molar-refractivity contribution in [2.45, 2.75) is 6.54 Å². The van der Waals surface area contributed by atoms with E-state index in [1.165, 1.54) is 0 Å². The first kappa shape index (κ1) is 17.7. The zero-order chi connectivity index (χ0) is 18.5. The van der Waals surface area contributed by atoms with Crippen LogP contribution < -0.4 is 15.7 Å². The number of ether oxygens (including phenoxy) is 1. The van der Waals surface area contributed by atoms with E-state index in [1.54, 1.807) is 49.6 Å². The van der Waals surface area contributed by atoms with Crippen molar-refractivity contribution in [2.24, 2.45) is 0 Å². The summed E-state index contributed by atoms with van der Waals surface area (Å²) in [7, 11) is 1.57. The normalized spacial score (nSPS) is 10.4. The summed E-state index contributed by atoms with van der Waals surface area (Å²) in [5.74, 6) is 0.300. The number of nitrogens with zero attached hydrogens (tertiary/aromatic N) is 1. The lowest BCUT2D eigenvalue weighted by atomic mass is 10.1. The molecule has 1 heterocycles. The Morgan fingerprint density at radius 1 is 1.15 bits per heavy atom. The fraction of sp³-hybridized carbons (Fsp3) is 0.105. The van der Waals surface area contributed by atoms with E-state index in [0.29, 0.717) is 28.6 Å². The molecule has 0 atom stereocenters. The molecule has 1 aromatic heterocycles. The summed E-state index contributed by atoms with van der Waals surface area (Å²) in [6, 6.07) is 15.8. The van der Waals surface area contributed by atoms with Crippen LogP contribution >= 0.6 is 11.6 Å². The minimum Gasteiger partial charge on any atom is -0.497 e. The van der Waals surface area contributed by atoms with Crippen molar-refractivity contribution in [3.05, 3.63) is 81.4 Å². The van der Waals surface area contributed by atoms with Crippen LogP contribution in [0.4, 0.5) is 0 Å². The van der Waals surface area contributed by atoms with Crippen molar-refractivity contribution < 1.29 is 9.53 Å². The average Bonchev–Trinajstić information content (AvgIpc) is 2.67. The SMILES string of the molecule is COc1ccc(-c2cc(C(=O)NCc3ccc(Cl)cc3)[nH]c(=O)n2)cc1. The fourth-order valence-corrected chi connectivity index (χ4v) is 2.50. The van der Waals surface area contributed by atoms with Gasteiger partial charge in [-0.3, -0.25) is 4.79 Å². The predicted molar refractivity (Wildman–Crippen MR) is 99.5 cm³/mol. The zero-order valence-corrected chi connectivity index (χ0v) is 14.7. The van der Waals surface area contributed by atoms with Gasteiger partial charge in [-0.2, -0.15) is 4.98 Å². The molecule has 0 radical (unpaired) electrons. The Hall–Kier alpha value is -3.12. The maximum atomic E-state index is 12.4. The van der Waals surface area contributed by atoms with Gasteiger partial charge in [-0.25, -0.2) is 4.79 Å². The second-order valence-corrected chi connectivity index (χ2v) is 5.96. The molecule has 6 nitrogen and oxygen atoms in total. The number of carbonyl (C=O) groups is 1. The van der Waals surface area contributed by atoms with Crippen molar-refractivity contribution in [1.82, 2.24) is 15.3 Å². The van der Waals surface area contributed by atoms with Gasteiger partial charge in [0.2, 0.25) is 0 Å². The van der Waals surface area contributed by atoms with Crippen LogP contribution in [0.3, 0.4) is 0 Å². The van der Waals surface area contributed by atoms with Gasteiger partial charge in [0.25, 0.3) is 5.91 Å². The van der Waals surface area contributed by atoms with Crippen LogP contribution in [0, 0.1) is 0 Å². The van der Waals surface area contributed by atoms with Crippen LogP contribution in [0.25, 0.3) is 11.3 Å². The molecule has 0 aliphatic rings. The van der Waals surface area contributed by atoms with Crippen LogP contribution in [0.1, 0.15) is 16.1 Å². The second kappa shape index (κ2) is 7.84. The Bertz CT molecular complexity index is 967. The lowest BCUT2D eigenvalue weighted by Crippen LogP contribution is -2.27. The van der Waals surface area contributed by atoms with Crippen LogP contribution in [0.2, 0.25) is 5.02 Å². The Labute approximate surface area is 154 Å². The van der Waals surface area contributed by atoms with Crippen molar-refractivity contribution in [2.75, 3.05) is 7.11 Å². The molecule has 132 valence electrons. The summed E-state index contributed by atoms with van der Waals surface area (Å²) in [4.78, 5) is 30.6. The molecule has 7 heteroatoms. The smallest absolute Gasteiger partial charge is 0.346 e. The second-order valence-electron chi connectivity index (χ2n) is 5.52. The molecule has 1 amide bonds. The average molecular weight is 370 g/mol. The van der Waals surface area contributed by atoms with E-state index in [-0.39, 0.29) is 5.69 Å². The first-order valence-corrected chi connectivity index (χ1v) is 8.21. The van der Waals surface area contributed by atoms with Crippen LogP contribution in [0.15, 0.2) is 59.4 Å². The van der Waals surface area contributed by atoms with Crippen LogP contribution in [-0.2, 0) is 6.54 Å². The van der Waals surface area contributed by atoms with Gasteiger partial charge in [0, 0.05) is 17.1 Å². The lowest BCUT2D eigenvalue weighted by Gasteiger charge is -2.07. The highest BCUT2D eigenvalue weighted by molar-refractivity contribution is 6.30. The maximum absolute atomic E-state index is 12.4. The number of halogens is 1. The van der Waals surface area contributed by atoms with E-state index in [4.69, 9.17) is 16.3 Å². The van der Waals surface area contributed by atoms with E-state index in [9.17, 15) is 9.59 Å². The molecule has 0 aliphatic heterocycles. The van der Waals surface area contributed by atoms with Gasteiger partial charge in [-0.1, -0.05) is 23.7 Å². The zero-order valence-electron chi connectivity index (χ0n) is 14.0. The summed E-state index contributed by atoms with van der Waals surface area (Å²) in [5.41, 5.74) is 1.57. The molecule has 0 saturated heterocycles. The molecule has 3 aromatic rings. The highest BCUT2D eigenvalue weighted by Crippen LogP contribution is 2.20. The van der Waals surface area contributed by atoms with Crippen LogP contribution in [0.5, 0.6) is 5.75 Å². The van der Waals surface area contributed by atoms with Crippen molar-refractivity contribution in [3.63, 3.8) is 0 Å². The number of carbonyl (C=O) groups excluding carboxylic acids is 1. The third-order valence-electron chi connectivity index (χ3n) is 3.74. The topological polar surface area (TPSA) is 84.1 Å². The predicted octanol–water partition coefficient (Wildman–Crippen LogP) is 3.03. The number of nitrogens with one attached hydrogen (secondary N) is 2. The number of rotatable bonds is 5. The molecular weight excluding hydrogens is 354 g/mol. The highest BCUT2D eigenvalue weighted by Gasteiger charge is 2.11. The Balaban J connectivity index is 1.78. The number of aromatic amines is 1. The molecule has 0 bridgehead atoms. The summed E-state index contributed by atoms with van der Waals surface area (Å²) in [6.45, 7) is 0.318. The first-order chi connectivity index (χ1) is 12.5. The van der Waals surface area contributed by atoms with Gasteiger partial charge in [0.05, 0.1) is 12.8 Å². The molecule has 3 rings (SSSR count). The molecule has 26 heavy (non-hydrogen) atoms. The Kier molecular flexibility index (Phi) is 5.34. The highest BCUT2D eigenvalue weighted by atomic mass is 35.5. The number of benzene rings is 2. The van der Waals surface area contributed by atoms with Gasteiger partial charge in [-0.15, -0.1) is 0 Å². The molecule has 0 saturated carbocycles. The quantitative estimate of drug-likeness (QED) is 0.724. The summed E-state index contributed by atoms with van der Waals surface area (Å²) >= 11 is 5.84. The number of amides is 1. The summed E-state index contributed by atoms with van der Waals surface area (Å²) < 4.78 is 5.11. The summed E-state index contributed by atoms with van der Waals surface area (Å²) in [5, 5.41) is 3.39.